The van der Waals surface area contributed by atoms with Gasteiger partial charge in [-0.25, -0.2) is 0 Å². The molecule has 0 saturated carbocycles. The highest BCUT2D eigenvalue weighted by molar-refractivity contribution is 7.26. The molecule has 2 heterocycles. The van der Waals surface area contributed by atoms with Crippen molar-refractivity contribution in [3.05, 3.63) is 54.6 Å². The molecule has 3 heteroatoms. The van der Waals surface area contributed by atoms with Crippen LogP contribution in [0.1, 0.15) is 27.7 Å². The molecule has 1 aliphatic rings. The van der Waals surface area contributed by atoms with Crippen molar-refractivity contribution in [3.63, 3.8) is 0 Å². The lowest BCUT2D eigenvalue weighted by molar-refractivity contribution is 0.0375. The molecule has 0 bridgehead atoms. The molecule has 1 fully saturated rings. The van der Waals surface area contributed by atoms with E-state index in [0.717, 1.165) is 6.32 Å². The van der Waals surface area contributed by atoms with Crippen molar-refractivity contribution in [3.8, 4) is 0 Å². The minimum absolute atomic E-state index is 0.101. The highest BCUT2D eigenvalue weighted by Crippen LogP contribution is 2.45. The SMILES string of the molecule is CC1(C)CB(c2ccc3sc4ccc5ccccc5c4c3c2)OC1(C)C. The van der Waals surface area contributed by atoms with Crippen LogP contribution in [0, 0.1) is 5.41 Å². The zero-order valence-corrected chi connectivity index (χ0v) is 16.6. The molecule has 0 spiro atoms. The molecule has 0 unspecified atom stereocenters. The molecule has 3 aromatic carbocycles. The van der Waals surface area contributed by atoms with Crippen molar-refractivity contribution >= 4 is 54.7 Å². The monoisotopic (exact) mass is 358 g/mol. The number of hydrogen-bond donors (Lipinski definition) is 0. The smallest absolute Gasteiger partial charge is 0.327 e. The zero-order valence-electron chi connectivity index (χ0n) is 15.8. The number of rotatable bonds is 1. The lowest BCUT2D eigenvalue weighted by Crippen LogP contribution is -2.36. The van der Waals surface area contributed by atoms with Crippen molar-refractivity contribution in [2.24, 2.45) is 5.41 Å². The van der Waals surface area contributed by atoms with Crippen LogP contribution in [0.5, 0.6) is 0 Å². The van der Waals surface area contributed by atoms with Gasteiger partial charge in [-0.3, -0.25) is 0 Å². The summed E-state index contributed by atoms with van der Waals surface area (Å²) in [5, 5.41) is 5.41. The van der Waals surface area contributed by atoms with Gasteiger partial charge in [0.2, 0.25) is 0 Å². The first kappa shape index (κ1) is 16.3. The first-order valence-corrected chi connectivity index (χ1v) is 10.2. The van der Waals surface area contributed by atoms with E-state index in [-0.39, 0.29) is 17.9 Å². The highest BCUT2D eigenvalue weighted by atomic mass is 32.1. The molecule has 1 aromatic heterocycles. The van der Waals surface area contributed by atoms with Crippen LogP contribution in [0.25, 0.3) is 30.9 Å². The minimum Gasteiger partial charge on any atom is -0.426 e. The van der Waals surface area contributed by atoms with Crippen molar-refractivity contribution < 1.29 is 4.65 Å². The first-order valence-electron chi connectivity index (χ1n) is 9.37. The van der Waals surface area contributed by atoms with Crippen LogP contribution in [0.15, 0.2) is 54.6 Å². The van der Waals surface area contributed by atoms with Crippen molar-refractivity contribution in [2.75, 3.05) is 0 Å². The van der Waals surface area contributed by atoms with E-state index in [4.69, 9.17) is 4.65 Å². The van der Waals surface area contributed by atoms with Crippen LogP contribution in [0.3, 0.4) is 0 Å². The number of fused-ring (bicyclic) bond motifs is 5. The van der Waals surface area contributed by atoms with Gasteiger partial charge < -0.3 is 4.65 Å². The van der Waals surface area contributed by atoms with Crippen molar-refractivity contribution in [1.29, 1.82) is 0 Å². The van der Waals surface area contributed by atoms with E-state index in [0.29, 0.717) is 0 Å². The van der Waals surface area contributed by atoms with Gasteiger partial charge in [0.05, 0.1) is 5.60 Å². The molecule has 1 nitrogen and oxygen atoms in total. The predicted octanol–water partition coefficient (Wildman–Crippen LogP) is 6.24. The largest absolute Gasteiger partial charge is 0.426 e. The third kappa shape index (κ3) is 2.27. The Morgan fingerprint density at radius 1 is 0.885 bits per heavy atom. The Morgan fingerprint density at radius 2 is 1.65 bits per heavy atom. The molecule has 1 saturated heterocycles. The molecule has 0 N–H and O–H groups in total. The van der Waals surface area contributed by atoms with E-state index in [2.05, 4.69) is 82.3 Å². The lowest BCUT2D eigenvalue weighted by atomic mass is 9.54. The third-order valence-electron chi connectivity index (χ3n) is 6.52. The predicted molar refractivity (Wildman–Crippen MR) is 116 cm³/mol. The summed E-state index contributed by atoms with van der Waals surface area (Å²) in [4.78, 5) is 0. The fraction of sp³-hybridized carbons (Fsp3) is 0.304. The van der Waals surface area contributed by atoms with Gasteiger partial charge in [0.25, 0.3) is 0 Å². The normalized spacial score (nSPS) is 19.0. The van der Waals surface area contributed by atoms with E-state index in [1.165, 1.54) is 36.4 Å². The molecular weight excluding hydrogens is 335 g/mol. The molecule has 26 heavy (non-hydrogen) atoms. The van der Waals surface area contributed by atoms with Gasteiger partial charge in [-0.2, -0.15) is 0 Å². The number of hydrogen-bond acceptors (Lipinski definition) is 2. The van der Waals surface area contributed by atoms with Crippen LogP contribution in [0.4, 0.5) is 0 Å². The number of thiophene rings is 1. The summed E-state index contributed by atoms with van der Waals surface area (Å²) in [6.45, 7) is 9.25. The Morgan fingerprint density at radius 3 is 2.42 bits per heavy atom. The molecule has 0 aliphatic carbocycles. The summed E-state index contributed by atoms with van der Waals surface area (Å²) >= 11 is 1.89. The molecule has 0 radical (unpaired) electrons. The summed E-state index contributed by atoms with van der Waals surface area (Å²) in [5.74, 6) is 0. The Balaban J connectivity index is 1.72. The molecule has 130 valence electrons. The summed E-state index contributed by atoms with van der Waals surface area (Å²) in [6.07, 6.45) is 1.06. The molecule has 0 atom stereocenters. The van der Waals surface area contributed by atoms with Crippen molar-refractivity contribution in [2.45, 2.75) is 39.6 Å². The van der Waals surface area contributed by atoms with E-state index < -0.39 is 0 Å². The van der Waals surface area contributed by atoms with Gasteiger partial charge in [0.1, 0.15) is 0 Å². The van der Waals surface area contributed by atoms with Crippen molar-refractivity contribution in [1.82, 2.24) is 0 Å². The molecule has 4 aromatic rings. The van der Waals surface area contributed by atoms with E-state index in [1.54, 1.807) is 0 Å². The summed E-state index contributed by atoms with van der Waals surface area (Å²) in [6, 6.07) is 20.1. The Hall–Kier alpha value is -1.84. The van der Waals surface area contributed by atoms with Gasteiger partial charge in [-0.15, -0.1) is 11.3 Å². The molecular formula is C23H23BOS. The Kier molecular flexibility index (Phi) is 3.36. The Labute approximate surface area is 159 Å². The molecule has 0 amide bonds. The van der Waals surface area contributed by atoms with Gasteiger partial charge in [0, 0.05) is 20.2 Å². The van der Waals surface area contributed by atoms with E-state index >= 15 is 0 Å². The standard InChI is InChI=1S/C23H23BOS/c1-22(2)14-24(25-23(22,3)4)16-10-12-19-18(13-16)21-17-8-6-5-7-15(17)9-11-20(21)26-19/h5-13H,14H2,1-4H3. The summed E-state index contributed by atoms with van der Waals surface area (Å²) in [7, 11) is 0. The molecule has 5 rings (SSSR count). The van der Waals surface area contributed by atoms with Gasteiger partial charge >= 0.3 is 6.92 Å². The van der Waals surface area contributed by atoms with Crippen LogP contribution >= 0.6 is 11.3 Å². The second kappa shape index (κ2) is 5.34. The zero-order chi connectivity index (χ0) is 18.1. The quantitative estimate of drug-likeness (QED) is 0.366. The summed E-state index contributed by atoms with van der Waals surface area (Å²) < 4.78 is 9.20. The Bertz CT molecular complexity index is 1140. The van der Waals surface area contributed by atoms with Crippen LogP contribution in [-0.4, -0.2) is 12.5 Å². The lowest BCUT2D eigenvalue weighted by Gasteiger charge is -2.34. The topological polar surface area (TPSA) is 9.23 Å². The maximum absolute atomic E-state index is 6.48. The van der Waals surface area contributed by atoms with Crippen LogP contribution < -0.4 is 5.46 Å². The fourth-order valence-corrected chi connectivity index (χ4v) is 5.32. The fourth-order valence-electron chi connectivity index (χ4n) is 4.22. The second-order valence-corrected chi connectivity index (χ2v) is 9.81. The maximum Gasteiger partial charge on any atom is 0.327 e. The van der Waals surface area contributed by atoms with Gasteiger partial charge in [0.15, 0.2) is 0 Å². The van der Waals surface area contributed by atoms with Crippen LogP contribution in [0.2, 0.25) is 6.32 Å². The number of benzene rings is 3. The first-order chi connectivity index (χ1) is 12.4. The van der Waals surface area contributed by atoms with E-state index in [1.807, 2.05) is 11.3 Å². The summed E-state index contributed by atoms with van der Waals surface area (Å²) in [5.41, 5.74) is 1.38. The molecule has 1 aliphatic heterocycles. The average Bonchev–Trinajstić information content (AvgIpc) is 3.08. The highest BCUT2D eigenvalue weighted by Gasteiger charge is 2.49. The average molecular weight is 358 g/mol. The van der Waals surface area contributed by atoms with Gasteiger partial charge in [-0.1, -0.05) is 56.3 Å². The maximum atomic E-state index is 6.48. The van der Waals surface area contributed by atoms with Crippen LogP contribution in [-0.2, 0) is 4.65 Å². The minimum atomic E-state index is -0.101. The third-order valence-corrected chi connectivity index (χ3v) is 7.65. The van der Waals surface area contributed by atoms with Gasteiger partial charge in [-0.05, 0) is 54.0 Å². The van der Waals surface area contributed by atoms with E-state index in [9.17, 15) is 0 Å². The second-order valence-electron chi connectivity index (χ2n) is 8.72.